The van der Waals surface area contributed by atoms with Crippen molar-refractivity contribution in [2.45, 2.75) is 11.8 Å². The lowest BCUT2D eigenvalue weighted by Gasteiger charge is -2.11. The van der Waals surface area contributed by atoms with Crippen molar-refractivity contribution < 1.29 is 22.9 Å². The average Bonchev–Trinajstić information content (AvgIpc) is 2.56. The number of phenols is 1. The molecule has 5 N–H and O–H groups in total. The Balaban J connectivity index is 2.06. The van der Waals surface area contributed by atoms with Crippen LogP contribution in [-0.4, -0.2) is 24.0 Å². The van der Waals surface area contributed by atoms with Crippen molar-refractivity contribution in [2.75, 3.05) is 11.1 Å². The number of anilines is 2. The molecule has 0 saturated heterocycles. The van der Waals surface area contributed by atoms with Crippen molar-refractivity contribution >= 4 is 38.2 Å². The van der Waals surface area contributed by atoms with Crippen LogP contribution in [0.5, 0.6) is 5.75 Å². The molecular weight excluding hydrogens is 356 g/mol. The fraction of sp³-hybridized carbons (Fsp3) is 0.0556. The van der Waals surface area contributed by atoms with E-state index in [1.807, 2.05) is 0 Å². The number of nitrogens with two attached hydrogens (primary N) is 1. The van der Waals surface area contributed by atoms with E-state index in [1.165, 1.54) is 18.2 Å². The molecule has 3 aromatic rings. The SMILES string of the molecule is Cc1cc(C(=O)Nc2cc(S(=O)(=O)O)c3cc(O)ccc3c2)ccc1N. The van der Waals surface area contributed by atoms with Crippen LogP contribution in [0.4, 0.5) is 11.4 Å². The number of nitrogen functional groups attached to an aromatic ring is 1. The van der Waals surface area contributed by atoms with Crippen LogP contribution in [0, 0.1) is 6.92 Å². The van der Waals surface area contributed by atoms with Crippen LogP contribution in [0.25, 0.3) is 10.8 Å². The number of carbonyl (C=O) groups is 1. The fourth-order valence-corrected chi connectivity index (χ4v) is 3.35. The lowest BCUT2D eigenvalue weighted by Crippen LogP contribution is -2.13. The first-order valence-corrected chi connectivity index (χ1v) is 9.01. The summed E-state index contributed by atoms with van der Waals surface area (Å²) in [7, 11) is -4.56. The Labute approximate surface area is 149 Å². The van der Waals surface area contributed by atoms with Gasteiger partial charge in [0.15, 0.2) is 0 Å². The molecule has 0 aliphatic heterocycles. The number of aromatic hydroxyl groups is 1. The summed E-state index contributed by atoms with van der Waals surface area (Å²) < 4.78 is 32.9. The van der Waals surface area contributed by atoms with Crippen molar-refractivity contribution in [1.29, 1.82) is 0 Å². The molecule has 3 rings (SSSR count). The summed E-state index contributed by atoms with van der Waals surface area (Å²) in [6.07, 6.45) is 0. The Kier molecular flexibility index (Phi) is 4.31. The summed E-state index contributed by atoms with van der Waals surface area (Å²) in [6, 6.07) is 11.6. The van der Waals surface area contributed by atoms with Gasteiger partial charge in [-0.1, -0.05) is 6.07 Å². The van der Waals surface area contributed by atoms with E-state index in [1.54, 1.807) is 31.2 Å². The van der Waals surface area contributed by atoms with E-state index in [4.69, 9.17) is 5.73 Å². The molecule has 7 nitrogen and oxygen atoms in total. The minimum atomic E-state index is -4.56. The second kappa shape index (κ2) is 6.32. The largest absolute Gasteiger partial charge is 0.508 e. The van der Waals surface area contributed by atoms with Crippen LogP contribution >= 0.6 is 0 Å². The molecule has 0 spiro atoms. The number of rotatable bonds is 3. The highest BCUT2D eigenvalue weighted by Gasteiger charge is 2.17. The number of fused-ring (bicyclic) bond motifs is 1. The second-order valence-corrected chi connectivity index (χ2v) is 7.27. The number of nitrogens with one attached hydrogen (secondary N) is 1. The maximum Gasteiger partial charge on any atom is 0.295 e. The molecule has 3 aromatic carbocycles. The van der Waals surface area contributed by atoms with E-state index in [0.29, 0.717) is 16.6 Å². The van der Waals surface area contributed by atoms with E-state index < -0.39 is 20.9 Å². The molecule has 0 aromatic heterocycles. The molecule has 0 bridgehead atoms. The quantitative estimate of drug-likeness (QED) is 0.413. The van der Waals surface area contributed by atoms with Gasteiger partial charge in [-0.2, -0.15) is 8.42 Å². The standard InChI is InChI=1S/C18H16N2O5S/c1-10-6-12(3-5-16(10)19)18(22)20-13-7-11-2-4-14(21)9-15(11)17(8-13)26(23,24)25/h2-9,21H,19H2,1H3,(H,20,22)(H,23,24,25). The van der Waals surface area contributed by atoms with Gasteiger partial charge in [0.2, 0.25) is 0 Å². The minimum absolute atomic E-state index is 0.142. The number of hydrogen-bond donors (Lipinski definition) is 4. The van der Waals surface area contributed by atoms with Gasteiger partial charge in [-0.15, -0.1) is 0 Å². The molecule has 8 heteroatoms. The van der Waals surface area contributed by atoms with Crippen molar-refractivity contribution in [3.05, 3.63) is 59.7 Å². The molecule has 1 amide bonds. The van der Waals surface area contributed by atoms with Crippen LogP contribution in [0.1, 0.15) is 15.9 Å². The van der Waals surface area contributed by atoms with Crippen molar-refractivity contribution in [3.8, 4) is 5.75 Å². The van der Waals surface area contributed by atoms with E-state index in [0.717, 1.165) is 11.6 Å². The van der Waals surface area contributed by atoms with Gasteiger partial charge in [0, 0.05) is 22.3 Å². The Bertz CT molecular complexity index is 1140. The number of aryl methyl sites for hydroxylation is 1. The molecule has 134 valence electrons. The maximum absolute atomic E-state index is 12.4. The van der Waals surface area contributed by atoms with Crippen LogP contribution in [-0.2, 0) is 10.1 Å². The first-order chi connectivity index (χ1) is 12.1. The van der Waals surface area contributed by atoms with Gasteiger partial charge >= 0.3 is 0 Å². The van der Waals surface area contributed by atoms with Crippen LogP contribution in [0.3, 0.4) is 0 Å². The third kappa shape index (κ3) is 3.46. The van der Waals surface area contributed by atoms with Gasteiger partial charge < -0.3 is 16.2 Å². The maximum atomic E-state index is 12.4. The molecule has 0 fully saturated rings. The molecule has 0 aliphatic rings. The van der Waals surface area contributed by atoms with Crippen LogP contribution < -0.4 is 11.1 Å². The van der Waals surface area contributed by atoms with Crippen molar-refractivity contribution in [1.82, 2.24) is 0 Å². The molecule has 0 unspecified atom stereocenters. The number of benzene rings is 3. The monoisotopic (exact) mass is 372 g/mol. The Morgan fingerprint density at radius 2 is 1.81 bits per heavy atom. The Morgan fingerprint density at radius 1 is 1.08 bits per heavy atom. The Hall–Kier alpha value is -3.10. The lowest BCUT2D eigenvalue weighted by molar-refractivity contribution is 0.102. The lowest BCUT2D eigenvalue weighted by atomic mass is 10.1. The average molecular weight is 372 g/mol. The normalized spacial score (nSPS) is 11.5. The third-order valence-electron chi connectivity index (χ3n) is 3.97. The predicted octanol–water partition coefficient (Wildman–Crippen LogP) is 2.94. The van der Waals surface area contributed by atoms with Crippen LogP contribution in [0.15, 0.2) is 53.4 Å². The van der Waals surface area contributed by atoms with Gasteiger partial charge in [0.05, 0.1) is 0 Å². The van der Waals surface area contributed by atoms with Gasteiger partial charge in [-0.05, 0) is 60.3 Å². The highest BCUT2D eigenvalue weighted by Crippen LogP contribution is 2.30. The minimum Gasteiger partial charge on any atom is -0.508 e. The number of carbonyl (C=O) groups excluding carboxylic acids is 1. The fourth-order valence-electron chi connectivity index (χ4n) is 2.62. The summed E-state index contributed by atoms with van der Waals surface area (Å²) in [4.78, 5) is 12.0. The molecule has 0 radical (unpaired) electrons. The van der Waals surface area contributed by atoms with Gasteiger partial charge in [0.25, 0.3) is 16.0 Å². The molecule has 0 aliphatic carbocycles. The predicted molar refractivity (Wildman–Crippen MR) is 99.0 cm³/mol. The highest BCUT2D eigenvalue weighted by atomic mass is 32.2. The molecule has 0 saturated carbocycles. The van der Waals surface area contributed by atoms with Gasteiger partial charge in [-0.25, -0.2) is 0 Å². The molecule has 26 heavy (non-hydrogen) atoms. The summed E-state index contributed by atoms with van der Waals surface area (Å²) in [5.74, 6) is -0.593. The molecule has 0 heterocycles. The van der Waals surface area contributed by atoms with Crippen molar-refractivity contribution in [3.63, 3.8) is 0 Å². The van der Waals surface area contributed by atoms with Crippen molar-refractivity contribution in [2.24, 2.45) is 0 Å². The van der Waals surface area contributed by atoms with E-state index in [2.05, 4.69) is 5.32 Å². The first kappa shape index (κ1) is 17.7. The smallest absolute Gasteiger partial charge is 0.295 e. The molecular formula is C18H16N2O5S. The van der Waals surface area contributed by atoms with E-state index in [-0.39, 0.29) is 16.8 Å². The second-order valence-electron chi connectivity index (χ2n) is 5.88. The van der Waals surface area contributed by atoms with Crippen LogP contribution in [0.2, 0.25) is 0 Å². The molecule has 0 atom stereocenters. The zero-order chi connectivity index (χ0) is 19.1. The van der Waals surface area contributed by atoms with Gasteiger partial charge in [0.1, 0.15) is 10.6 Å². The number of amides is 1. The highest BCUT2D eigenvalue weighted by molar-refractivity contribution is 7.86. The summed E-state index contributed by atoms with van der Waals surface area (Å²) >= 11 is 0. The topological polar surface area (TPSA) is 130 Å². The Morgan fingerprint density at radius 3 is 2.46 bits per heavy atom. The number of hydrogen-bond acceptors (Lipinski definition) is 5. The van der Waals surface area contributed by atoms with E-state index in [9.17, 15) is 22.9 Å². The first-order valence-electron chi connectivity index (χ1n) is 7.57. The van der Waals surface area contributed by atoms with E-state index >= 15 is 0 Å². The van der Waals surface area contributed by atoms with Gasteiger partial charge in [-0.3, -0.25) is 9.35 Å². The summed E-state index contributed by atoms with van der Waals surface area (Å²) in [5, 5.41) is 12.8. The summed E-state index contributed by atoms with van der Waals surface area (Å²) in [5.41, 5.74) is 7.58. The zero-order valence-electron chi connectivity index (χ0n) is 13.7. The third-order valence-corrected chi connectivity index (χ3v) is 4.86. The number of phenolic OH excluding ortho intramolecular Hbond substituents is 1. The summed E-state index contributed by atoms with van der Waals surface area (Å²) in [6.45, 7) is 1.77. The zero-order valence-corrected chi connectivity index (χ0v) is 14.5.